The van der Waals surface area contributed by atoms with Gasteiger partial charge in [-0.2, -0.15) is 0 Å². The first-order valence-electron chi connectivity index (χ1n) is 5.49. The molecular weight excluding hydrogens is 353 g/mol. The van der Waals surface area contributed by atoms with E-state index in [-0.39, 0.29) is 5.15 Å². The van der Waals surface area contributed by atoms with Crippen LogP contribution in [0.1, 0.15) is 0 Å². The summed E-state index contributed by atoms with van der Waals surface area (Å²) in [5, 5.41) is 4.51. The van der Waals surface area contributed by atoms with Crippen LogP contribution in [0.4, 0.5) is 16.5 Å². The van der Waals surface area contributed by atoms with Gasteiger partial charge in [0.2, 0.25) is 0 Å². The molecule has 2 aromatic heterocycles. The summed E-state index contributed by atoms with van der Waals surface area (Å²) in [4.78, 5) is 16.2. The van der Waals surface area contributed by atoms with Gasteiger partial charge in [-0.3, -0.25) is 0 Å². The SMILES string of the molecule is [C-]#[N+]c1cc(Cl)c(Nc2nc3c(Cl)ncnc3s2)c(Cl)c1. The predicted molar refractivity (Wildman–Crippen MR) is 86.2 cm³/mol. The van der Waals surface area contributed by atoms with Crippen LogP contribution in [0.2, 0.25) is 15.2 Å². The maximum absolute atomic E-state index is 6.97. The highest BCUT2D eigenvalue weighted by Gasteiger charge is 2.13. The fourth-order valence-electron chi connectivity index (χ4n) is 1.63. The number of aromatic nitrogens is 3. The zero-order valence-electron chi connectivity index (χ0n) is 10.1. The monoisotopic (exact) mass is 355 g/mol. The first-order chi connectivity index (χ1) is 10.1. The third-order valence-electron chi connectivity index (χ3n) is 2.54. The van der Waals surface area contributed by atoms with Crippen molar-refractivity contribution in [1.29, 1.82) is 0 Å². The molecule has 9 heteroatoms. The van der Waals surface area contributed by atoms with E-state index in [0.717, 1.165) is 0 Å². The molecule has 3 aromatic rings. The van der Waals surface area contributed by atoms with Gasteiger partial charge in [-0.05, 0) is 12.1 Å². The fraction of sp³-hybridized carbons (Fsp3) is 0. The van der Waals surface area contributed by atoms with Crippen molar-refractivity contribution in [2.45, 2.75) is 0 Å². The topological polar surface area (TPSA) is 55.1 Å². The van der Waals surface area contributed by atoms with E-state index >= 15 is 0 Å². The van der Waals surface area contributed by atoms with E-state index in [2.05, 4.69) is 25.1 Å². The number of fused-ring (bicyclic) bond motifs is 1. The zero-order chi connectivity index (χ0) is 15.0. The van der Waals surface area contributed by atoms with Gasteiger partial charge in [0.05, 0.1) is 22.3 Å². The van der Waals surface area contributed by atoms with Gasteiger partial charge in [0.25, 0.3) is 0 Å². The van der Waals surface area contributed by atoms with Gasteiger partial charge in [0.15, 0.2) is 16.0 Å². The van der Waals surface area contributed by atoms with E-state index in [1.165, 1.54) is 29.8 Å². The fourth-order valence-corrected chi connectivity index (χ4v) is 3.24. The number of nitrogens with one attached hydrogen (secondary N) is 1. The Balaban J connectivity index is 2.03. The van der Waals surface area contributed by atoms with Crippen molar-refractivity contribution in [2.24, 2.45) is 0 Å². The Morgan fingerprint density at radius 3 is 2.48 bits per heavy atom. The molecule has 0 amide bonds. The van der Waals surface area contributed by atoms with Gasteiger partial charge in [-0.15, -0.1) is 0 Å². The molecule has 5 nitrogen and oxygen atoms in total. The Kier molecular flexibility index (Phi) is 3.83. The summed E-state index contributed by atoms with van der Waals surface area (Å²) in [5.41, 5.74) is 1.36. The molecule has 0 atom stereocenters. The Labute approximate surface area is 138 Å². The Hall–Kier alpha value is -1.65. The highest BCUT2D eigenvalue weighted by Crippen LogP contribution is 2.38. The summed E-state index contributed by atoms with van der Waals surface area (Å²) in [5.74, 6) is 0. The van der Waals surface area contributed by atoms with Crippen LogP contribution in [0.15, 0.2) is 18.5 Å². The first kappa shape index (κ1) is 14.3. The third-order valence-corrected chi connectivity index (χ3v) is 4.29. The van der Waals surface area contributed by atoms with E-state index in [0.29, 0.717) is 36.9 Å². The smallest absolute Gasteiger partial charge is 0.190 e. The average Bonchev–Trinajstić information content (AvgIpc) is 2.87. The Bertz CT molecular complexity index is 863. The van der Waals surface area contributed by atoms with Crippen molar-refractivity contribution in [3.8, 4) is 0 Å². The largest absolute Gasteiger partial charge is 0.329 e. The first-order valence-corrected chi connectivity index (χ1v) is 7.44. The third kappa shape index (κ3) is 2.74. The van der Waals surface area contributed by atoms with Crippen LogP contribution in [0.3, 0.4) is 0 Å². The van der Waals surface area contributed by atoms with Crippen LogP contribution in [0.25, 0.3) is 15.2 Å². The van der Waals surface area contributed by atoms with Crippen molar-refractivity contribution < 1.29 is 0 Å². The molecule has 1 N–H and O–H groups in total. The minimum atomic E-state index is 0.282. The average molecular weight is 357 g/mol. The van der Waals surface area contributed by atoms with Crippen LogP contribution in [-0.2, 0) is 0 Å². The quantitative estimate of drug-likeness (QED) is 0.497. The lowest BCUT2D eigenvalue weighted by Crippen LogP contribution is -1.91. The number of nitrogens with zero attached hydrogens (tertiary/aromatic N) is 4. The van der Waals surface area contributed by atoms with Gasteiger partial charge in [0, 0.05) is 0 Å². The van der Waals surface area contributed by atoms with Gasteiger partial charge in [0.1, 0.15) is 16.7 Å². The van der Waals surface area contributed by atoms with E-state index in [1.807, 2.05) is 0 Å². The van der Waals surface area contributed by atoms with Crippen molar-refractivity contribution in [2.75, 3.05) is 5.32 Å². The molecule has 104 valence electrons. The van der Waals surface area contributed by atoms with Crippen LogP contribution in [-0.4, -0.2) is 15.0 Å². The summed E-state index contributed by atoms with van der Waals surface area (Å²) in [7, 11) is 0. The molecule has 3 rings (SSSR count). The van der Waals surface area contributed by atoms with Gasteiger partial charge >= 0.3 is 0 Å². The molecule has 0 spiro atoms. The van der Waals surface area contributed by atoms with Gasteiger partial charge in [-0.25, -0.2) is 19.8 Å². The summed E-state index contributed by atoms with van der Waals surface area (Å²) in [6.07, 6.45) is 1.37. The van der Waals surface area contributed by atoms with Crippen LogP contribution >= 0.6 is 46.1 Å². The normalized spacial score (nSPS) is 10.6. The van der Waals surface area contributed by atoms with Gasteiger partial charge < -0.3 is 5.32 Å². The second-order valence-corrected chi connectivity index (χ2v) is 6.01. The van der Waals surface area contributed by atoms with Crippen molar-refractivity contribution in [3.63, 3.8) is 0 Å². The standard InChI is InChI=1S/C12H4Cl3N5S/c1-16-5-2-6(13)8(7(14)3-5)19-12-20-9-10(15)17-4-18-11(9)21-12/h2-4H,(H,19,20). The predicted octanol–water partition coefficient (Wildman–Crippen LogP) is 5.34. The van der Waals surface area contributed by atoms with Crippen molar-refractivity contribution in [3.05, 3.63) is 45.1 Å². The number of rotatable bonds is 2. The molecule has 0 fully saturated rings. The molecule has 0 saturated carbocycles. The van der Waals surface area contributed by atoms with Crippen molar-refractivity contribution in [1.82, 2.24) is 15.0 Å². The second kappa shape index (κ2) is 5.62. The van der Waals surface area contributed by atoms with E-state index in [4.69, 9.17) is 41.4 Å². The molecule has 0 radical (unpaired) electrons. The minimum Gasteiger partial charge on any atom is -0.329 e. The van der Waals surface area contributed by atoms with Crippen LogP contribution in [0.5, 0.6) is 0 Å². The number of thiazole rings is 1. The molecule has 21 heavy (non-hydrogen) atoms. The molecule has 0 saturated heterocycles. The summed E-state index contributed by atoms with van der Waals surface area (Å²) < 4.78 is 0. The second-order valence-electron chi connectivity index (χ2n) is 3.86. The summed E-state index contributed by atoms with van der Waals surface area (Å²) >= 11 is 19.5. The van der Waals surface area contributed by atoms with Gasteiger partial charge in [-0.1, -0.05) is 46.1 Å². The van der Waals surface area contributed by atoms with E-state index in [1.54, 1.807) is 0 Å². The number of anilines is 2. The highest BCUT2D eigenvalue weighted by atomic mass is 35.5. The van der Waals surface area contributed by atoms with Crippen LogP contribution in [0, 0.1) is 6.57 Å². The highest BCUT2D eigenvalue weighted by molar-refractivity contribution is 7.21. The number of benzene rings is 1. The summed E-state index contributed by atoms with van der Waals surface area (Å²) in [6, 6.07) is 3.06. The van der Waals surface area contributed by atoms with E-state index < -0.39 is 0 Å². The van der Waals surface area contributed by atoms with Crippen LogP contribution < -0.4 is 5.32 Å². The van der Waals surface area contributed by atoms with E-state index in [9.17, 15) is 0 Å². The molecule has 0 aliphatic carbocycles. The Morgan fingerprint density at radius 2 is 1.86 bits per heavy atom. The molecular formula is C12H4Cl3N5S. The lowest BCUT2D eigenvalue weighted by atomic mass is 10.3. The minimum absolute atomic E-state index is 0.282. The molecule has 0 unspecified atom stereocenters. The maximum atomic E-state index is 6.97. The molecule has 0 aliphatic rings. The molecule has 2 heterocycles. The van der Waals surface area contributed by atoms with Crippen molar-refractivity contribution >= 4 is 73.0 Å². The zero-order valence-corrected chi connectivity index (χ0v) is 13.1. The Morgan fingerprint density at radius 1 is 1.14 bits per heavy atom. The lowest BCUT2D eigenvalue weighted by Gasteiger charge is -2.08. The molecule has 0 aliphatic heterocycles. The lowest BCUT2D eigenvalue weighted by molar-refractivity contribution is 1.22. The number of hydrogen-bond acceptors (Lipinski definition) is 5. The maximum Gasteiger partial charge on any atom is 0.190 e. The summed E-state index contributed by atoms with van der Waals surface area (Å²) in [6.45, 7) is 6.97. The molecule has 1 aromatic carbocycles. The number of hydrogen-bond donors (Lipinski definition) is 1. The molecule has 0 bridgehead atoms. The number of halogens is 3.